The number of anilines is 1. The molecule has 1 saturated heterocycles. The average molecular weight is 296 g/mol. The molecule has 1 saturated carbocycles. The van der Waals surface area contributed by atoms with Gasteiger partial charge in [-0.25, -0.2) is 4.98 Å². The Labute approximate surface area is 129 Å². The van der Waals surface area contributed by atoms with E-state index in [-0.39, 0.29) is 0 Å². The summed E-state index contributed by atoms with van der Waals surface area (Å²) in [6.45, 7) is 2.45. The molecule has 5 nitrogen and oxygen atoms in total. The van der Waals surface area contributed by atoms with Crippen molar-refractivity contribution < 1.29 is 4.42 Å². The van der Waals surface area contributed by atoms with Gasteiger partial charge in [0.2, 0.25) is 5.76 Å². The summed E-state index contributed by atoms with van der Waals surface area (Å²) in [6.07, 6.45) is 6.77. The van der Waals surface area contributed by atoms with Gasteiger partial charge >= 0.3 is 0 Å². The van der Waals surface area contributed by atoms with Crippen molar-refractivity contribution in [2.45, 2.75) is 31.7 Å². The highest BCUT2D eigenvalue weighted by Crippen LogP contribution is 2.45. The molecule has 2 fully saturated rings. The SMILES string of the molecule is CN1CCC2(CCC(Nc3cc4cc(C#N)oc4cn3)C2)C1. The highest BCUT2D eigenvalue weighted by molar-refractivity contribution is 5.80. The minimum atomic E-state index is 0.336. The predicted molar refractivity (Wildman–Crippen MR) is 84.5 cm³/mol. The van der Waals surface area contributed by atoms with Crippen molar-refractivity contribution in [2.75, 3.05) is 25.5 Å². The number of nitrogens with zero attached hydrogens (tertiary/aromatic N) is 3. The van der Waals surface area contributed by atoms with Gasteiger partial charge in [0.15, 0.2) is 5.58 Å². The number of aromatic nitrogens is 1. The number of furan rings is 1. The van der Waals surface area contributed by atoms with Crippen molar-refractivity contribution in [3.8, 4) is 6.07 Å². The van der Waals surface area contributed by atoms with Crippen LogP contribution in [0.1, 0.15) is 31.4 Å². The van der Waals surface area contributed by atoms with E-state index >= 15 is 0 Å². The molecule has 2 aromatic rings. The van der Waals surface area contributed by atoms with Crippen LogP contribution in [-0.4, -0.2) is 36.1 Å². The van der Waals surface area contributed by atoms with Gasteiger partial charge < -0.3 is 14.6 Å². The summed E-state index contributed by atoms with van der Waals surface area (Å²) in [4.78, 5) is 6.87. The van der Waals surface area contributed by atoms with Crippen LogP contribution in [0.5, 0.6) is 0 Å². The molecule has 0 bridgehead atoms. The van der Waals surface area contributed by atoms with Crippen LogP contribution in [0.2, 0.25) is 0 Å². The van der Waals surface area contributed by atoms with E-state index in [0.717, 1.165) is 11.2 Å². The number of hydrogen-bond donors (Lipinski definition) is 1. The van der Waals surface area contributed by atoms with Gasteiger partial charge in [0.05, 0.1) is 6.20 Å². The van der Waals surface area contributed by atoms with Crippen molar-refractivity contribution in [1.29, 1.82) is 5.26 Å². The fourth-order valence-corrected chi connectivity index (χ4v) is 4.15. The molecule has 22 heavy (non-hydrogen) atoms. The summed E-state index contributed by atoms with van der Waals surface area (Å²) < 4.78 is 5.37. The molecule has 0 aromatic carbocycles. The van der Waals surface area contributed by atoms with E-state index in [9.17, 15) is 0 Å². The maximum absolute atomic E-state index is 8.89. The van der Waals surface area contributed by atoms with Crippen LogP contribution < -0.4 is 5.32 Å². The van der Waals surface area contributed by atoms with Gasteiger partial charge in [-0.15, -0.1) is 0 Å². The molecule has 2 aliphatic rings. The normalized spacial score (nSPS) is 28.5. The summed E-state index contributed by atoms with van der Waals surface area (Å²) in [5.41, 5.74) is 1.18. The zero-order valence-electron chi connectivity index (χ0n) is 12.8. The van der Waals surface area contributed by atoms with Gasteiger partial charge in [-0.1, -0.05) is 0 Å². The van der Waals surface area contributed by atoms with Crippen molar-refractivity contribution in [1.82, 2.24) is 9.88 Å². The van der Waals surface area contributed by atoms with Crippen LogP contribution in [0.4, 0.5) is 5.82 Å². The number of fused-ring (bicyclic) bond motifs is 1. The number of likely N-dealkylation sites (tertiary alicyclic amines) is 1. The monoisotopic (exact) mass is 296 g/mol. The second kappa shape index (κ2) is 4.99. The Morgan fingerprint density at radius 1 is 1.45 bits per heavy atom. The fraction of sp³-hybridized carbons (Fsp3) is 0.529. The molecule has 0 amide bonds. The summed E-state index contributed by atoms with van der Waals surface area (Å²) in [5, 5.41) is 13.4. The molecule has 2 aromatic heterocycles. The number of rotatable bonds is 2. The minimum Gasteiger partial charge on any atom is -0.444 e. The first kappa shape index (κ1) is 13.6. The first-order chi connectivity index (χ1) is 10.7. The van der Waals surface area contributed by atoms with Gasteiger partial charge in [-0.05, 0) is 50.8 Å². The second-order valence-electron chi connectivity index (χ2n) is 6.90. The zero-order chi connectivity index (χ0) is 15.2. The number of nitriles is 1. The molecule has 1 aliphatic heterocycles. The Balaban J connectivity index is 1.49. The molecule has 3 heterocycles. The Morgan fingerprint density at radius 2 is 2.36 bits per heavy atom. The third-order valence-electron chi connectivity index (χ3n) is 5.20. The van der Waals surface area contributed by atoms with E-state index in [0.29, 0.717) is 22.8 Å². The molecule has 4 rings (SSSR count). The summed E-state index contributed by atoms with van der Waals surface area (Å²) in [6, 6.07) is 6.27. The molecular weight excluding hydrogens is 276 g/mol. The van der Waals surface area contributed by atoms with Crippen LogP contribution >= 0.6 is 0 Å². The smallest absolute Gasteiger partial charge is 0.204 e. The van der Waals surface area contributed by atoms with Gasteiger partial charge in [0, 0.05) is 24.0 Å². The summed E-state index contributed by atoms with van der Waals surface area (Å²) in [7, 11) is 2.22. The maximum atomic E-state index is 8.89. The summed E-state index contributed by atoms with van der Waals surface area (Å²) in [5.74, 6) is 1.22. The van der Waals surface area contributed by atoms with Gasteiger partial charge in [0.1, 0.15) is 11.9 Å². The lowest BCUT2D eigenvalue weighted by atomic mass is 9.85. The topological polar surface area (TPSA) is 65.1 Å². The summed E-state index contributed by atoms with van der Waals surface area (Å²) >= 11 is 0. The lowest BCUT2D eigenvalue weighted by Gasteiger charge is -2.23. The van der Waals surface area contributed by atoms with Crippen molar-refractivity contribution in [3.63, 3.8) is 0 Å². The number of nitrogens with one attached hydrogen (secondary N) is 1. The van der Waals surface area contributed by atoms with E-state index in [4.69, 9.17) is 9.68 Å². The van der Waals surface area contributed by atoms with E-state index in [1.807, 2.05) is 12.1 Å². The Morgan fingerprint density at radius 3 is 3.14 bits per heavy atom. The number of pyridine rings is 1. The Bertz CT molecular complexity index is 747. The molecule has 1 spiro atoms. The highest BCUT2D eigenvalue weighted by atomic mass is 16.3. The van der Waals surface area contributed by atoms with Gasteiger partial charge in [-0.3, -0.25) is 0 Å². The minimum absolute atomic E-state index is 0.336. The zero-order valence-corrected chi connectivity index (χ0v) is 12.8. The largest absolute Gasteiger partial charge is 0.444 e. The standard InChI is InChI=1S/C17H20N4O/c1-21-5-4-17(11-21)3-2-13(8-17)20-16-7-12-6-14(9-18)22-15(12)10-19-16/h6-7,10,13H,2-5,8,11H2,1H3,(H,19,20). The predicted octanol–water partition coefficient (Wildman–Crippen LogP) is 2.99. The Kier molecular flexibility index (Phi) is 3.08. The first-order valence-electron chi connectivity index (χ1n) is 7.91. The van der Waals surface area contributed by atoms with Crippen molar-refractivity contribution in [3.05, 3.63) is 24.1 Å². The first-order valence-corrected chi connectivity index (χ1v) is 7.91. The molecule has 0 radical (unpaired) electrons. The number of hydrogen-bond acceptors (Lipinski definition) is 5. The molecule has 1 aliphatic carbocycles. The fourth-order valence-electron chi connectivity index (χ4n) is 4.15. The van der Waals surface area contributed by atoms with Crippen LogP contribution in [0.15, 0.2) is 22.7 Å². The third kappa shape index (κ3) is 2.34. The molecule has 5 heteroatoms. The molecule has 1 N–H and O–H groups in total. The van der Waals surface area contributed by atoms with Gasteiger partial charge in [-0.2, -0.15) is 5.26 Å². The van der Waals surface area contributed by atoms with E-state index < -0.39 is 0 Å². The van der Waals surface area contributed by atoms with Crippen LogP contribution in [0.3, 0.4) is 0 Å². The quantitative estimate of drug-likeness (QED) is 0.923. The van der Waals surface area contributed by atoms with Crippen LogP contribution in [-0.2, 0) is 0 Å². The van der Waals surface area contributed by atoms with Crippen molar-refractivity contribution >= 4 is 16.8 Å². The lowest BCUT2D eigenvalue weighted by molar-refractivity contribution is 0.287. The van der Waals surface area contributed by atoms with Crippen LogP contribution in [0, 0.1) is 16.7 Å². The van der Waals surface area contributed by atoms with E-state index in [1.165, 1.54) is 38.8 Å². The van der Waals surface area contributed by atoms with E-state index in [1.54, 1.807) is 12.3 Å². The molecule has 2 unspecified atom stereocenters. The lowest BCUT2D eigenvalue weighted by Crippen LogP contribution is -2.25. The Hall–Kier alpha value is -2.06. The maximum Gasteiger partial charge on any atom is 0.204 e. The van der Waals surface area contributed by atoms with Gasteiger partial charge in [0.25, 0.3) is 0 Å². The van der Waals surface area contributed by atoms with Crippen molar-refractivity contribution in [2.24, 2.45) is 5.41 Å². The molecule has 114 valence electrons. The second-order valence-corrected chi connectivity index (χ2v) is 6.90. The molecule has 2 atom stereocenters. The third-order valence-corrected chi connectivity index (χ3v) is 5.20. The molecular formula is C17H20N4O. The van der Waals surface area contributed by atoms with E-state index in [2.05, 4.69) is 22.2 Å². The van der Waals surface area contributed by atoms with Crippen LogP contribution in [0.25, 0.3) is 11.0 Å². The average Bonchev–Trinajstić information content (AvgIpc) is 3.18. The highest BCUT2D eigenvalue weighted by Gasteiger charge is 2.43.